The summed E-state index contributed by atoms with van der Waals surface area (Å²) in [6.45, 7) is 0. The van der Waals surface area contributed by atoms with Gasteiger partial charge in [0.15, 0.2) is 17.4 Å². The maximum absolute atomic E-state index is 14.7. The molecule has 0 radical (unpaired) electrons. The van der Waals surface area contributed by atoms with E-state index < -0.39 is 39.9 Å². The highest BCUT2D eigenvalue weighted by Gasteiger charge is 2.23. The third-order valence-corrected chi connectivity index (χ3v) is 5.34. The van der Waals surface area contributed by atoms with Crippen molar-refractivity contribution in [1.82, 2.24) is 19.9 Å². The molecule has 0 bridgehead atoms. The Bertz CT molecular complexity index is 1330. The Morgan fingerprint density at radius 2 is 1.79 bits per heavy atom. The lowest BCUT2D eigenvalue weighted by atomic mass is 10.2. The van der Waals surface area contributed by atoms with E-state index >= 15 is 0 Å². The molecular formula is C21H15F3N6O2S. The summed E-state index contributed by atoms with van der Waals surface area (Å²) >= 11 is 0. The van der Waals surface area contributed by atoms with Crippen LogP contribution in [0.2, 0.25) is 0 Å². The van der Waals surface area contributed by atoms with Gasteiger partial charge in [0.1, 0.15) is 16.7 Å². The molecule has 4 rings (SSSR count). The molecule has 3 heterocycles. The topological polar surface area (TPSA) is 116 Å². The number of hydrogen-bond acceptors (Lipinski definition) is 7. The first kappa shape index (κ1) is 22.1. The number of nitrogens with zero attached hydrogens (tertiary/aromatic N) is 4. The van der Waals surface area contributed by atoms with Gasteiger partial charge < -0.3 is 10.5 Å². The lowest BCUT2D eigenvalue weighted by molar-refractivity contribution is 0.401. The molecule has 1 unspecified atom stereocenters. The van der Waals surface area contributed by atoms with Crippen LogP contribution in [0.3, 0.4) is 0 Å². The van der Waals surface area contributed by atoms with Gasteiger partial charge in [-0.1, -0.05) is 0 Å². The number of nitrogen functional groups attached to an aromatic ring is 1. The summed E-state index contributed by atoms with van der Waals surface area (Å²) in [5.41, 5.74) is 5.94. The molecule has 0 saturated heterocycles. The summed E-state index contributed by atoms with van der Waals surface area (Å²) in [6, 6.07) is 8.48. The minimum absolute atomic E-state index is 0.0132. The molecule has 1 aromatic carbocycles. The van der Waals surface area contributed by atoms with Crippen LogP contribution < -0.4 is 15.2 Å². The van der Waals surface area contributed by atoms with E-state index in [1.165, 1.54) is 30.9 Å². The molecule has 4 aromatic rings. The Morgan fingerprint density at radius 3 is 2.55 bits per heavy atom. The number of anilines is 2. The molecule has 168 valence electrons. The quantitative estimate of drug-likeness (QED) is 0.391. The zero-order chi connectivity index (χ0) is 23.4. The lowest BCUT2D eigenvalue weighted by Gasteiger charge is -2.13. The largest absolute Gasteiger partial charge is 0.435 e. The monoisotopic (exact) mass is 472 g/mol. The number of rotatable bonds is 7. The zero-order valence-corrected chi connectivity index (χ0v) is 17.5. The minimum atomic E-state index is -1.93. The Kier molecular flexibility index (Phi) is 6.45. The zero-order valence-electron chi connectivity index (χ0n) is 16.7. The predicted octanol–water partition coefficient (Wildman–Crippen LogP) is 4.00. The third kappa shape index (κ3) is 5.06. The summed E-state index contributed by atoms with van der Waals surface area (Å²) in [7, 11) is -1.93. The van der Waals surface area contributed by atoms with E-state index in [1.54, 1.807) is 24.3 Å². The fraction of sp³-hybridized carbons (Fsp3) is 0.0476. The van der Waals surface area contributed by atoms with Gasteiger partial charge in [0.05, 0.1) is 17.0 Å². The van der Waals surface area contributed by atoms with Crippen molar-refractivity contribution in [2.24, 2.45) is 0 Å². The summed E-state index contributed by atoms with van der Waals surface area (Å²) in [6.07, 6.45) is 5.73. The Hall–Kier alpha value is -4.06. The predicted molar refractivity (Wildman–Crippen MR) is 116 cm³/mol. The van der Waals surface area contributed by atoms with Crippen molar-refractivity contribution in [3.8, 4) is 22.9 Å². The Labute approximate surface area is 188 Å². The van der Waals surface area contributed by atoms with E-state index in [0.717, 1.165) is 0 Å². The van der Waals surface area contributed by atoms with E-state index in [4.69, 9.17) is 10.5 Å². The smallest absolute Gasteiger partial charge is 0.228 e. The van der Waals surface area contributed by atoms with Crippen LogP contribution in [-0.4, -0.2) is 24.1 Å². The molecule has 0 spiro atoms. The Morgan fingerprint density at radius 1 is 1.00 bits per heavy atom. The number of aromatic nitrogens is 4. The SMILES string of the molecule is Nc1nccc(-c2cccnc2Oc2cc(F)c(NS(=O)Cc3ccncc3)c(F)c2F)n1. The van der Waals surface area contributed by atoms with Crippen molar-refractivity contribution in [1.29, 1.82) is 0 Å². The number of halogens is 3. The fourth-order valence-corrected chi connectivity index (χ4v) is 3.80. The van der Waals surface area contributed by atoms with E-state index in [1.807, 2.05) is 0 Å². The van der Waals surface area contributed by atoms with E-state index in [2.05, 4.69) is 24.7 Å². The summed E-state index contributed by atoms with van der Waals surface area (Å²) < 4.78 is 63.8. The number of pyridine rings is 2. The van der Waals surface area contributed by atoms with Crippen molar-refractivity contribution < 1.29 is 22.1 Å². The molecule has 33 heavy (non-hydrogen) atoms. The highest BCUT2D eigenvalue weighted by molar-refractivity contribution is 7.85. The van der Waals surface area contributed by atoms with Gasteiger partial charge in [0, 0.05) is 30.9 Å². The Balaban J connectivity index is 1.60. The first-order chi connectivity index (χ1) is 15.9. The number of nitrogens with one attached hydrogen (secondary N) is 1. The highest BCUT2D eigenvalue weighted by atomic mass is 32.2. The van der Waals surface area contributed by atoms with Crippen LogP contribution in [0.4, 0.5) is 24.8 Å². The third-order valence-electron chi connectivity index (χ3n) is 4.32. The maximum Gasteiger partial charge on any atom is 0.228 e. The average molecular weight is 472 g/mol. The molecular weight excluding hydrogens is 457 g/mol. The standard InChI is InChI=1S/C21H15F3N6O2S/c22-14-10-16(32-20-13(2-1-6-27-20)15-5-9-28-21(25)29-15)17(23)18(24)19(14)30-33(31)11-12-3-7-26-8-4-12/h1-10,30H,11H2,(H2,25,28,29). The number of ether oxygens (including phenoxy) is 1. The molecule has 3 N–H and O–H groups in total. The molecule has 0 saturated carbocycles. The number of benzene rings is 1. The minimum Gasteiger partial charge on any atom is -0.435 e. The average Bonchev–Trinajstić information content (AvgIpc) is 2.81. The lowest BCUT2D eigenvalue weighted by Crippen LogP contribution is -2.11. The van der Waals surface area contributed by atoms with Gasteiger partial charge in [0.25, 0.3) is 0 Å². The van der Waals surface area contributed by atoms with E-state index in [-0.39, 0.29) is 17.6 Å². The van der Waals surface area contributed by atoms with Crippen molar-refractivity contribution >= 4 is 22.6 Å². The van der Waals surface area contributed by atoms with Crippen molar-refractivity contribution in [2.45, 2.75) is 5.75 Å². The van der Waals surface area contributed by atoms with Crippen LogP contribution in [0.25, 0.3) is 11.3 Å². The second-order valence-electron chi connectivity index (χ2n) is 6.57. The van der Waals surface area contributed by atoms with Gasteiger partial charge in [-0.25, -0.2) is 27.9 Å². The van der Waals surface area contributed by atoms with Crippen molar-refractivity contribution in [3.05, 3.63) is 84.2 Å². The van der Waals surface area contributed by atoms with E-state index in [0.29, 0.717) is 22.9 Å². The summed E-state index contributed by atoms with van der Waals surface area (Å²) in [5.74, 6) is -5.26. The molecule has 1 atom stereocenters. The van der Waals surface area contributed by atoms with Gasteiger partial charge in [0.2, 0.25) is 17.6 Å². The summed E-state index contributed by atoms with van der Waals surface area (Å²) in [5, 5.41) is 0. The first-order valence-corrected chi connectivity index (χ1v) is 10.7. The fourth-order valence-electron chi connectivity index (χ4n) is 2.82. The second kappa shape index (κ2) is 9.61. The van der Waals surface area contributed by atoms with Gasteiger partial charge in [-0.05, 0) is 35.9 Å². The molecule has 0 aliphatic rings. The molecule has 0 amide bonds. The number of hydrogen-bond donors (Lipinski definition) is 2. The van der Waals surface area contributed by atoms with Crippen molar-refractivity contribution in [3.63, 3.8) is 0 Å². The van der Waals surface area contributed by atoms with Crippen LogP contribution in [0.15, 0.2) is 61.2 Å². The molecule has 3 aromatic heterocycles. The highest BCUT2D eigenvalue weighted by Crippen LogP contribution is 2.35. The van der Waals surface area contributed by atoms with Crippen molar-refractivity contribution in [2.75, 3.05) is 10.5 Å². The van der Waals surface area contributed by atoms with Gasteiger partial charge in [-0.2, -0.15) is 4.39 Å². The molecule has 0 fully saturated rings. The second-order valence-corrected chi connectivity index (χ2v) is 7.75. The van der Waals surface area contributed by atoms with Crippen LogP contribution in [-0.2, 0) is 16.7 Å². The first-order valence-electron chi connectivity index (χ1n) is 9.35. The molecule has 0 aliphatic carbocycles. The van der Waals surface area contributed by atoms with Crippen LogP contribution in [0.1, 0.15) is 5.56 Å². The molecule has 0 aliphatic heterocycles. The number of nitrogens with two attached hydrogens (primary N) is 1. The van der Waals surface area contributed by atoms with Gasteiger partial charge in [-0.3, -0.25) is 9.71 Å². The molecule has 8 nitrogen and oxygen atoms in total. The molecule has 12 heteroatoms. The van der Waals surface area contributed by atoms with Gasteiger partial charge in [-0.15, -0.1) is 0 Å². The summed E-state index contributed by atoms with van der Waals surface area (Å²) in [4.78, 5) is 15.7. The van der Waals surface area contributed by atoms with Gasteiger partial charge >= 0.3 is 0 Å². The van der Waals surface area contributed by atoms with Crippen LogP contribution in [0, 0.1) is 17.5 Å². The van der Waals surface area contributed by atoms with Crippen LogP contribution in [0.5, 0.6) is 11.6 Å². The normalized spacial score (nSPS) is 11.7. The maximum atomic E-state index is 14.7. The van der Waals surface area contributed by atoms with Crippen LogP contribution >= 0.6 is 0 Å². The van der Waals surface area contributed by atoms with E-state index in [9.17, 15) is 17.4 Å².